The van der Waals surface area contributed by atoms with Gasteiger partial charge in [-0.2, -0.15) is 0 Å². The van der Waals surface area contributed by atoms with Crippen LogP contribution in [0.15, 0.2) is 0 Å². The van der Waals surface area contributed by atoms with Crippen LogP contribution >= 0.6 is 15.9 Å². The van der Waals surface area contributed by atoms with Crippen molar-refractivity contribution in [1.29, 1.82) is 0 Å². The number of hydrogen-bond donors (Lipinski definition) is 0. The second-order valence-corrected chi connectivity index (χ2v) is 4.03. The normalized spacial score (nSPS) is 16.4. The standard InChI is InChI=1S/C9H19BrO/c1-8(4-5-11-3)6-9(2)7-10/h8-9H,4-7H2,1-3H3. The lowest BCUT2D eigenvalue weighted by molar-refractivity contribution is 0.175. The largest absolute Gasteiger partial charge is 0.385 e. The lowest BCUT2D eigenvalue weighted by atomic mass is 9.96. The van der Waals surface area contributed by atoms with Crippen molar-refractivity contribution in [3.63, 3.8) is 0 Å². The summed E-state index contributed by atoms with van der Waals surface area (Å²) in [6, 6.07) is 0. The summed E-state index contributed by atoms with van der Waals surface area (Å²) in [5.74, 6) is 1.59. The van der Waals surface area contributed by atoms with Gasteiger partial charge in [-0.15, -0.1) is 0 Å². The highest BCUT2D eigenvalue weighted by Gasteiger charge is 2.06. The molecular formula is C9H19BrO. The first kappa shape index (κ1) is 11.4. The van der Waals surface area contributed by atoms with Gasteiger partial charge in [-0.3, -0.25) is 0 Å². The molecule has 0 radical (unpaired) electrons. The van der Waals surface area contributed by atoms with Crippen molar-refractivity contribution in [2.45, 2.75) is 26.7 Å². The van der Waals surface area contributed by atoms with Crippen molar-refractivity contribution in [1.82, 2.24) is 0 Å². The van der Waals surface area contributed by atoms with Crippen LogP contribution < -0.4 is 0 Å². The van der Waals surface area contributed by atoms with E-state index in [2.05, 4.69) is 29.8 Å². The van der Waals surface area contributed by atoms with E-state index in [1.807, 2.05) is 0 Å². The maximum Gasteiger partial charge on any atom is 0.0464 e. The summed E-state index contributed by atoms with van der Waals surface area (Å²) < 4.78 is 5.02. The topological polar surface area (TPSA) is 9.23 Å². The summed E-state index contributed by atoms with van der Waals surface area (Å²) in [6.07, 6.45) is 2.49. The van der Waals surface area contributed by atoms with Crippen LogP contribution in [0.1, 0.15) is 26.7 Å². The maximum atomic E-state index is 5.02. The first-order valence-electron chi connectivity index (χ1n) is 4.25. The number of hydrogen-bond acceptors (Lipinski definition) is 1. The van der Waals surface area contributed by atoms with Crippen molar-refractivity contribution in [3.8, 4) is 0 Å². The van der Waals surface area contributed by atoms with E-state index in [0.717, 1.165) is 23.8 Å². The smallest absolute Gasteiger partial charge is 0.0464 e. The summed E-state index contributed by atoms with van der Waals surface area (Å²) in [5, 5.41) is 1.12. The van der Waals surface area contributed by atoms with Gasteiger partial charge >= 0.3 is 0 Å². The van der Waals surface area contributed by atoms with Gasteiger partial charge in [0.1, 0.15) is 0 Å². The molecular weight excluding hydrogens is 204 g/mol. The van der Waals surface area contributed by atoms with Gasteiger partial charge in [-0.05, 0) is 24.7 Å². The average molecular weight is 223 g/mol. The van der Waals surface area contributed by atoms with Crippen LogP contribution in [0, 0.1) is 11.8 Å². The van der Waals surface area contributed by atoms with Gasteiger partial charge in [0.15, 0.2) is 0 Å². The predicted molar refractivity (Wildman–Crippen MR) is 53.2 cm³/mol. The third kappa shape index (κ3) is 6.82. The Hall–Kier alpha value is 0.440. The molecule has 0 aliphatic carbocycles. The highest BCUT2D eigenvalue weighted by Crippen LogP contribution is 2.16. The number of halogens is 1. The molecule has 0 amide bonds. The Morgan fingerprint density at radius 1 is 1.27 bits per heavy atom. The SMILES string of the molecule is COCCC(C)CC(C)CBr. The molecule has 0 aliphatic rings. The molecule has 0 aliphatic heterocycles. The first-order valence-corrected chi connectivity index (χ1v) is 5.37. The maximum absolute atomic E-state index is 5.02. The van der Waals surface area contributed by atoms with E-state index in [1.54, 1.807) is 7.11 Å². The molecule has 0 saturated heterocycles. The molecule has 0 heterocycles. The Morgan fingerprint density at radius 2 is 1.91 bits per heavy atom. The van der Waals surface area contributed by atoms with E-state index >= 15 is 0 Å². The lowest BCUT2D eigenvalue weighted by Gasteiger charge is -2.14. The Kier molecular flexibility index (Phi) is 7.39. The second-order valence-electron chi connectivity index (χ2n) is 3.38. The molecule has 0 aromatic carbocycles. The van der Waals surface area contributed by atoms with Gasteiger partial charge in [-0.1, -0.05) is 29.8 Å². The van der Waals surface area contributed by atoms with Crippen molar-refractivity contribution < 1.29 is 4.74 Å². The van der Waals surface area contributed by atoms with Crippen LogP contribution in [0.3, 0.4) is 0 Å². The van der Waals surface area contributed by atoms with Crippen LogP contribution in [0.5, 0.6) is 0 Å². The van der Waals surface area contributed by atoms with E-state index in [0.29, 0.717) is 0 Å². The van der Waals surface area contributed by atoms with Crippen LogP contribution in [0.2, 0.25) is 0 Å². The van der Waals surface area contributed by atoms with Crippen molar-refractivity contribution in [3.05, 3.63) is 0 Å². The highest BCUT2D eigenvalue weighted by molar-refractivity contribution is 9.09. The second kappa shape index (κ2) is 7.11. The fourth-order valence-corrected chi connectivity index (χ4v) is 1.45. The van der Waals surface area contributed by atoms with E-state index in [9.17, 15) is 0 Å². The molecule has 2 unspecified atom stereocenters. The summed E-state index contributed by atoms with van der Waals surface area (Å²) in [4.78, 5) is 0. The molecule has 2 atom stereocenters. The number of rotatable bonds is 6. The molecule has 0 rings (SSSR count). The van der Waals surface area contributed by atoms with Crippen molar-refractivity contribution in [2.24, 2.45) is 11.8 Å². The zero-order valence-corrected chi connectivity index (χ0v) is 9.36. The minimum atomic E-state index is 0.793. The number of alkyl halides is 1. The predicted octanol–water partition coefficient (Wildman–Crippen LogP) is 3.08. The van der Waals surface area contributed by atoms with E-state index < -0.39 is 0 Å². The fourth-order valence-electron chi connectivity index (χ4n) is 1.19. The average Bonchev–Trinajstić information content (AvgIpc) is 2.00. The minimum Gasteiger partial charge on any atom is -0.385 e. The van der Waals surface area contributed by atoms with Gasteiger partial charge in [0, 0.05) is 19.0 Å². The highest BCUT2D eigenvalue weighted by atomic mass is 79.9. The quantitative estimate of drug-likeness (QED) is 0.629. The fraction of sp³-hybridized carbons (Fsp3) is 1.00. The first-order chi connectivity index (χ1) is 5.20. The minimum absolute atomic E-state index is 0.793. The van der Waals surface area contributed by atoms with Gasteiger partial charge in [0.05, 0.1) is 0 Å². The molecule has 68 valence electrons. The number of methoxy groups -OCH3 is 1. The monoisotopic (exact) mass is 222 g/mol. The third-order valence-electron chi connectivity index (χ3n) is 1.88. The molecule has 1 nitrogen and oxygen atoms in total. The Balaban J connectivity index is 3.27. The molecule has 0 N–H and O–H groups in total. The van der Waals surface area contributed by atoms with Gasteiger partial charge in [0.25, 0.3) is 0 Å². The van der Waals surface area contributed by atoms with Crippen molar-refractivity contribution >= 4 is 15.9 Å². The van der Waals surface area contributed by atoms with Crippen molar-refractivity contribution in [2.75, 3.05) is 19.0 Å². The molecule has 0 bridgehead atoms. The molecule has 0 spiro atoms. The molecule has 2 heteroatoms. The molecule has 0 fully saturated rings. The Morgan fingerprint density at radius 3 is 2.36 bits per heavy atom. The summed E-state index contributed by atoms with van der Waals surface area (Å²) >= 11 is 3.48. The van der Waals surface area contributed by atoms with Gasteiger partial charge < -0.3 is 4.74 Å². The Bertz CT molecular complexity index is 85.6. The van der Waals surface area contributed by atoms with Crippen LogP contribution in [0.4, 0.5) is 0 Å². The van der Waals surface area contributed by atoms with E-state index in [4.69, 9.17) is 4.74 Å². The zero-order valence-electron chi connectivity index (χ0n) is 7.77. The third-order valence-corrected chi connectivity index (χ3v) is 2.99. The summed E-state index contributed by atoms with van der Waals surface area (Å²) in [6.45, 7) is 5.46. The summed E-state index contributed by atoms with van der Waals surface area (Å²) in [7, 11) is 1.76. The summed E-state index contributed by atoms with van der Waals surface area (Å²) in [5.41, 5.74) is 0. The molecule has 0 saturated carbocycles. The van der Waals surface area contributed by atoms with Crippen LogP contribution in [0.25, 0.3) is 0 Å². The number of ether oxygens (including phenoxy) is 1. The van der Waals surface area contributed by atoms with Crippen LogP contribution in [-0.2, 0) is 4.74 Å². The van der Waals surface area contributed by atoms with Gasteiger partial charge in [-0.25, -0.2) is 0 Å². The van der Waals surface area contributed by atoms with E-state index in [-0.39, 0.29) is 0 Å². The lowest BCUT2D eigenvalue weighted by Crippen LogP contribution is -2.06. The molecule has 0 aromatic heterocycles. The molecule has 11 heavy (non-hydrogen) atoms. The molecule has 0 aromatic rings. The van der Waals surface area contributed by atoms with Crippen LogP contribution in [-0.4, -0.2) is 19.0 Å². The van der Waals surface area contributed by atoms with E-state index in [1.165, 1.54) is 12.8 Å². The van der Waals surface area contributed by atoms with Gasteiger partial charge in [0.2, 0.25) is 0 Å². The Labute approximate surface area is 78.6 Å². The zero-order chi connectivity index (χ0) is 8.69.